The van der Waals surface area contributed by atoms with Gasteiger partial charge in [0.05, 0.1) is 24.9 Å². The second-order valence-electron chi connectivity index (χ2n) is 7.89. The zero-order valence-corrected chi connectivity index (χ0v) is 20.3. The molecule has 0 spiro atoms. The predicted molar refractivity (Wildman–Crippen MR) is 136 cm³/mol. The molecule has 1 N–H and O–H groups in total. The summed E-state index contributed by atoms with van der Waals surface area (Å²) in [6.07, 6.45) is 0. The maximum atomic E-state index is 13.2. The summed E-state index contributed by atoms with van der Waals surface area (Å²) in [5.74, 6) is 1.14. The zero-order chi connectivity index (χ0) is 23.4. The first-order valence-corrected chi connectivity index (χ1v) is 12.4. The molecule has 170 valence electrons. The second kappa shape index (κ2) is 10.2. The molecule has 2 aromatic carbocycles. The quantitative estimate of drug-likeness (QED) is 0.272. The molecule has 0 aliphatic carbocycles. The number of methoxy groups -OCH3 is 1. The third-order valence-corrected chi connectivity index (χ3v) is 7.07. The van der Waals surface area contributed by atoms with Gasteiger partial charge in [0.2, 0.25) is 5.91 Å². The molecule has 6 nitrogen and oxygen atoms in total. The van der Waals surface area contributed by atoms with E-state index in [0.29, 0.717) is 27.8 Å². The zero-order valence-electron chi connectivity index (χ0n) is 18.7. The molecule has 8 heteroatoms. The van der Waals surface area contributed by atoms with Gasteiger partial charge in [-0.25, -0.2) is 4.98 Å². The van der Waals surface area contributed by atoms with Crippen LogP contribution in [-0.2, 0) is 11.3 Å². The van der Waals surface area contributed by atoms with E-state index in [1.54, 1.807) is 11.7 Å². The van der Waals surface area contributed by atoms with Crippen LogP contribution < -0.4 is 15.6 Å². The number of ether oxygens (including phenoxy) is 1. The second-order valence-corrected chi connectivity index (χ2v) is 9.74. The molecule has 33 heavy (non-hydrogen) atoms. The lowest BCUT2D eigenvalue weighted by Crippen LogP contribution is -2.24. The average molecular weight is 480 g/mol. The van der Waals surface area contributed by atoms with Crippen molar-refractivity contribution in [3.8, 4) is 5.75 Å². The molecule has 0 bridgehead atoms. The fraction of sp³-hybridized carbons (Fsp3) is 0.240. The fourth-order valence-corrected chi connectivity index (χ4v) is 4.97. The summed E-state index contributed by atoms with van der Waals surface area (Å²) in [6.45, 7) is 4.60. The van der Waals surface area contributed by atoms with Gasteiger partial charge in [-0.3, -0.25) is 14.2 Å². The number of aromatic nitrogens is 2. The van der Waals surface area contributed by atoms with Crippen molar-refractivity contribution in [2.24, 2.45) is 0 Å². The number of amides is 1. The molecule has 1 amide bonds. The van der Waals surface area contributed by atoms with Crippen molar-refractivity contribution in [2.45, 2.75) is 31.5 Å². The highest BCUT2D eigenvalue weighted by atomic mass is 32.2. The molecular formula is C25H25N3O3S2. The Hall–Kier alpha value is -3.10. The molecule has 0 saturated carbocycles. The lowest BCUT2D eigenvalue weighted by Gasteiger charge is -2.13. The highest BCUT2D eigenvalue weighted by molar-refractivity contribution is 7.99. The van der Waals surface area contributed by atoms with E-state index in [4.69, 9.17) is 4.74 Å². The Labute approximate surface area is 200 Å². The highest BCUT2D eigenvalue weighted by Gasteiger charge is 2.15. The smallest absolute Gasteiger partial charge is 0.272 e. The van der Waals surface area contributed by atoms with E-state index in [2.05, 4.69) is 24.1 Å². The Kier molecular flexibility index (Phi) is 7.15. The molecule has 4 rings (SSSR count). The summed E-state index contributed by atoms with van der Waals surface area (Å²) in [5, 5.41) is 5.33. The lowest BCUT2D eigenvalue weighted by molar-refractivity contribution is -0.113. The number of anilines is 1. The van der Waals surface area contributed by atoms with Crippen LogP contribution in [0.1, 0.15) is 30.9 Å². The molecule has 0 saturated heterocycles. The normalized spacial score (nSPS) is 11.2. The fourth-order valence-electron chi connectivity index (χ4n) is 3.39. The van der Waals surface area contributed by atoms with Crippen LogP contribution in [0.2, 0.25) is 0 Å². The van der Waals surface area contributed by atoms with Crippen LogP contribution in [0.25, 0.3) is 10.2 Å². The number of carbonyl (C=O) groups is 1. The summed E-state index contributed by atoms with van der Waals surface area (Å²) < 4.78 is 7.47. The van der Waals surface area contributed by atoms with Crippen LogP contribution >= 0.6 is 23.1 Å². The van der Waals surface area contributed by atoms with Crippen LogP contribution in [0.5, 0.6) is 5.75 Å². The number of fused-ring (bicyclic) bond motifs is 1. The first-order valence-electron chi connectivity index (χ1n) is 10.6. The first kappa shape index (κ1) is 23.1. The summed E-state index contributed by atoms with van der Waals surface area (Å²) in [4.78, 5) is 30.5. The minimum atomic E-state index is -0.142. The van der Waals surface area contributed by atoms with Crippen molar-refractivity contribution in [1.29, 1.82) is 0 Å². The molecule has 0 radical (unpaired) electrons. The van der Waals surface area contributed by atoms with E-state index in [1.807, 2.05) is 60.0 Å². The Bertz CT molecular complexity index is 1330. The van der Waals surface area contributed by atoms with E-state index < -0.39 is 0 Å². The molecule has 0 atom stereocenters. The number of benzene rings is 2. The van der Waals surface area contributed by atoms with Crippen molar-refractivity contribution in [1.82, 2.24) is 9.55 Å². The molecule has 0 unspecified atom stereocenters. The van der Waals surface area contributed by atoms with Crippen molar-refractivity contribution in [3.63, 3.8) is 0 Å². The molecule has 2 heterocycles. The molecule has 2 aromatic heterocycles. The van der Waals surface area contributed by atoms with Gasteiger partial charge in [0.25, 0.3) is 5.56 Å². The van der Waals surface area contributed by atoms with Crippen LogP contribution in [0.15, 0.2) is 69.9 Å². The van der Waals surface area contributed by atoms with Gasteiger partial charge in [-0.15, -0.1) is 11.3 Å². The molecule has 0 fully saturated rings. The van der Waals surface area contributed by atoms with Gasteiger partial charge in [-0.05, 0) is 52.8 Å². The summed E-state index contributed by atoms with van der Waals surface area (Å²) in [5.41, 5.74) is 3.44. The number of rotatable bonds is 8. The van der Waals surface area contributed by atoms with Gasteiger partial charge in [0.1, 0.15) is 10.4 Å². The highest BCUT2D eigenvalue weighted by Crippen LogP contribution is 2.23. The van der Waals surface area contributed by atoms with Crippen LogP contribution in [-0.4, -0.2) is 28.3 Å². The van der Waals surface area contributed by atoms with Crippen LogP contribution in [0.3, 0.4) is 0 Å². The molecule has 0 aliphatic rings. The maximum Gasteiger partial charge on any atom is 0.272 e. The summed E-state index contributed by atoms with van der Waals surface area (Å²) in [7, 11) is 1.62. The minimum absolute atomic E-state index is 0.0987. The van der Waals surface area contributed by atoms with E-state index in [1.165, 1.54) is 28.7 Å². The molecular weight excluding hydrogens is 454 g/mol. The van der Waals surface area contributed by atoms with Gasteiger partial charge in [-0.2, -0.15) is 0 Å². The largest absolute Gasteiger partial charge is 0.497 e. The number of thiophene rings is 1. The molecule has 4 aromatic rings. The number of nitrogens with zero attached hydrogens (tertiary/aromatic N) is 2. The number of hydrogen-bond donors (Lipinski definition) is 1. The Morgan fingerprint density at radius 3 is 2.70 bits per heavy atom. The number of nitrogens with one attached hydrogen (secondary N) is 1. The summed E-state index contributed by atoms with van der Waals surface area (Å²) >= 11 is 2.64. The van der Waals surface area contributed by atoms with Crippen LogP contribution in [0, 0.1) is 0 Å². The maximum absolute atomic E-state index is 13.2. The van der Waals surface area contributed by atoms with Gasteiger partial charge < -0.3 is 10.1 Å². The van der Waals surface area contributed by atoms with Crippen molar-refractivity contribution >= 4 is 44.9 Å². The van der Waals surface area contributed by atoms with Crippen molar-refractivity contribution in [3.05, 3.63) is 81.5 Å². The third kappa shape index (κ3) is 5.46. The Balaban J connectivity index is 1.55. The van der Waals surface area contributed by atoms with Gasteiger partial charge in [-0.1, -0.05) is 49.9 Å². The Morgan fingerprint density at radius 1 is 1.18 bits per heavy atom. The lowest BCUT2D eigenvalue weighted by atomic mass is 10.0. The Morgan fingerprint density at radius 2 is 1.97 bits per heavy atom. The van der Waals surface area contributed by atoms with E-state index in [0.717, 1.165) is 17.0 Å². The number of thioether (sulfide) groups is 1. The van der Waals surface area contributed by atoms with Gasteiger partial charge in [0.15, 0.2) is 5.16 Å². The van der Waals surface area contributed by atoms with Crippen molar-refractivity contribution in [2.75, 3.05) is 18.2 Å². The predicted octanol–water partition coefficient (Wildman–Crippen LogP) is 5.37. The first-order chi connectivity index (χ1) is 15.9. The van der Waals surface area contributed by atoms with Crippen molar-refractivity contribution < 1.29 is 9.53 Å². The van der Waals surface area contributed by atoms with Gasteiger partial charge >= 0.3 is 0 Å². The van der Waals surface area contributed by atoms with E-state index >= 15 is 0 Å². The minimum Gasteiger partial charge on any atom is -0.497 e. The number of hydrogen-bond acceptors (Lipinski definition) is 6. The SMILES string of the molecule is COc1ccc(Cn2c(SCC(=O)Nc3cccc(C(C)C)c3)nc3ccsc3c2=O)cc1. The standard InChI is InChI=1S/C25H25N3O3S2/c1-16(2)18-5-4-6-19(13-18)26-22(29)15-33-25-27-21-11-12-32-23(21)24(30)28(25)14-17-7-9-20(31-3)10-8-17/h4-13,16H,14-15H2,1-3H3,(H,26,29). The molecule has 0 aliphatic heterocycles. The van der Waals surface area contributed by atoms with Gasteiger partial charge in [0, 0.05) is 5.69 Å². The van der Waals surface area contributed by atoms with E-state index in [9.17, 15) is 9.59 Å². The average Bonchev–Trinajstić information content (AvgIpc) is 3.29. The van der Waals surface area contributed by atoms with E-state index in [-0.39, 0.29) is 17.2 Å². The monoisotopic (exact) mass is 479 g/mol. The van der Waals surface area contributed by atoms with Crippen LogP contribution in [0.4, 0.5) is 5.69 Å². The summed E-state index contributed by atoms with van der Waals surface area (Å²) in [6, 6.07) is 17.3. The number of carbonyl (C=O) groups excluding carboxylic acids is 1. The topological polar surface area (TPSA) is 73.2 Å². The third-order valence-electron chi connectivity index (χ3n) is 5.20.